The van der Waals surface area contributed by atoms with E-state index in [1.807, 2.05) is 13.8 Å². The lowest BCUT2D eigenvalue weighted by atomic mass is 10.1. The molecule has 0 radical (unpaired) electrons. The zero-order valence-corrected chi connectivity index (χ0v) is 13.4. The van der Waals surface area contributed by atoms with Crippen molar-refractivity contribution in [3.63, 3.8) is 0 Å². The van der Waals surface area contributed by atoms with E-state index in [9.17, 15) is 18.4 Å². The molecule has 1 saturated heterocycles. The number of aromatic amines is 1. The van der Waals surface area contributed by atoms with Gasteiger partial charge in [0.2, 0.25) is 5.43 Å². The molecule has 1 fully saturated rings. The Balaban J connectivity index is 1.90. The Kier molecular flexibility index (Phi) is 4.36. The molecule has 0 spiro atoms. The Morgan fingerprint density at radius 1 is 1.33 bits per heavy atom. The van der Waals surface area contributed by atoms with Crippen molar-refractivity contribution in [2.75, 3.05) is 13.1 Å². The lowest BCUT2D eigenvalue weighted by molar-refractivity contribution is 0.0139. The Hall–Kier alpha value is -2.28. The molecule has 0 unspecified atom stereocenters. The first-order valence-corrected chi connectivity index (χ1v) is 7.82. The lowest BCUT2D eigenvalue weighted by Gasteiger charge is -2.18. The quantitative estimate of drug-likeness (QED) is 0.936. The van der Waals surface area contributed by atoms with Crippen LogP contribution in [0, 0.1) is 11.6 Å². The summed E-state index contributed by atoms with van der Waals surface area (Å²) >= 11 is 0. The van der Waals surface area contributed by atoms with Gasteiger partial charge in [0, 0.05) is 30.7 Å². The summed E-state index contributed by atoms with van der Waals surface area (Å²) in [6.45, 7) is 4.75. The van der Waals surface area contributed by atoms with Gasteiger partial charge in [-0.2, -0.15) is 0 Å². The van der Waals surface area contributed by atoms with Crippen LogP contribution in [0.25, 0.3) is 10.9 Å². The van der Waals surface area contributed by atoms with E-state index in [2.05, 4.69) is 4.98 Å². The van der Waals surface area contributed by atoms with Crippen molar-refractivity contribution in [1.29, 1.82) is 0 Å². The molecule has 1 atom stereocenters. The van der Waals surface area contributed by atoms with E-state index in [-0.39, 0.29) is 28.7 Å². The van der Waals surface area contributed by atoms with Gasteiger partial charge in [0.15, 0.2) is 11.6 Å². The maximum atomic E-state index is 13.4. The molecule has 1 aliphatic rings. The zero-order chi connectivity index (χ0) is 17.4. The van der Waals surface area contributed by atoms with E-state index in [0.29, 0.717) is 19.5 Å². The van der Waals surface area contributed by atoms with Crippen molar-refractivity contribution in [1.82, 2.24) is 9.88 Å². The van der Waals surface area contributed by atoms with E-state index in [1.54, 1.807) is 4.90 Å². The largest absolute Gasteiger partial charge is 0.374 e. The number of ether oxygens (including phenoxy) is 1. The minimum atomic E-state index is -1.12. The van der Waals surface area contributed by atoms with Crippen LogP contribution in [0.15, 0.2) is 23.1 Å². The van der Waals surface area contributed by atoms with Crippen LogP contribution < -0.4 is 5.43 Å². The van der Waals surface area contributed by atoms with Gasteiger partial charge in [-0.3, -0.25) is 9.59 Å². The van der Waals surface area contributed by atoms with Crippen LogP contribution >= 0.6 is 0 Å². The average Bonchev–Trinajstić information content (AvgIpc) is 2.97. The monoisotopic (exact) mass is 336 g/mol. The number of rotatable bonds is 3. The number of likely N-dealkylation sites (tertiary alicyclic amines) is 1. The summed E-state index contributed by atoms with van der Waals surface area (Å²) in [7, 11) is 0. The van der Waals surface area contributed by atoms with Crippen LogP contribution in [-0.2, 0) is 4.74 Å². The highest BCUT2D eigenvalue weighted by atomic mass is 19.2. The van der Waals surface area contributed by atoms with Gasteiger partial charge in [-0.15, -0.1) is 0 Å². The molecular weight excluding hydrogens is 318 g/mol. The van der Waals surface area contributed by atoms with E-state index in [0.717, 1.165) is 12.1 Å². The number of hydrogen-bond donors (Lipinski definition) is 1. The maximum absolute atomic E-state index is 13.4. The molecule has 1 N–H and O–H groups in total. The Labute approximate surface area is 137 Å². The molecule has 0 bridgehead atoms. The number of pyridine rings is 1. The third-order valence-electron chi connectivity index (χ3n) is 4.05. The topological polar surface area (TPSA) is 62.4 Å². The minimum Gasteiger partial charge on any atom is -0.374 e. The fourth-order valence-electron chi connectivity index (χ4n) is 2.95. The molecule has 1 aromatic carbocycles. The van der Waals surface area contributed by atoms with Crippen molar-refractivity contribution in [2.24, 2.45) is 0 Å². The number of hydrogen-bond acceptors (Lipinski definition) is 3. The Morgan fingerprint density at radius 3 is 2.75 bits per heavy atom. The van der Waals surface area contributed by atoms with Gasteiger partial charge in [-0.05, 0) is 26.3 Å². The van der Waals surface area contributed by atoms with Crippen LogP contribution in [0.3, 0.4) is 0 Å². The molecular formula is C17H18F2N2O3. The number of fused-ring (bicyclic) bond motifs is 1. The molecule has 1 aromatic heterocycles. The number of benzene rings is 1. The van der Waals surface area contributed by atoms with Gasteiger partial charge in [-0.1, -0.05) is 0 Å². The molecule has 7 heteroatoms. The Bertz CT molecular complexity index is 848. The number of aromatic nitrogens is 1. The highest BCUT2D eigenvalue weighted by Crippen LogP contribution is 2.18. The standard InChI is InChI=1S/C17H18F2N2O3/c1-9(2)24-10-3-4-21(8-10)17(23)12-7-20-15-6-14(19)13(18)5-11(15)16(12)22/h5-7,9-10H,3-4,8H2,1-2H3,(H,20,22)/t10-/m1/s1. The fourth-order valence-corrected chi connectivity index (χ4v) is 2.95. The summed E-state index contributed by atoms with van der Waals surface area (Å²) in [6, 6.07) is 1.72. The number of amides is 1. The summed E-state index contributed by atoms with van der Waals surface area (Å²) in [5.41, 5.74) is -0.544. The number of halogens is 2. The second kappa shape index (κ2) is 6.32. The van der Waals surface area contributed by atoms with Crippen molar-refractivity contribution >= 4 is 16.8 Å². The number of carbonyl (C=O) groups is 1. The number of nitrogens with one attached hydrogen (secondary N) is 1. The molecule has 0 aliphatic carbocycles. The van der Waals surface area contributed by atoms with Crippen LogP contribution in [-0.4, -0.2) is 41.1 Å². The summed E-state index contributed by atoms with van der Waals surface area (Å²) in [6.07, 6.45) is 1.96. The molecule has 1 aliphatic heterocycles. The van der Waals surface area contributed by atoms with E-state index < -0.39 is 23.0 Å². The van der Waals surface area contributed by atoms with Crippen LogP contribution in [0.1, 0.15) is 30.6 Å². The number of carbonyl (C=O) groups excluding carboxylic acids is 1. The Morgan fingerprint density at radius 2 is 2.04 bits per heavy atom. The lowest BCUT2D eigenvalue weighted by Crippen LogP contribution is -2.34. The van der Waals surface area contributed by atoms with E-state index >= 15 is 0 Å². The molecule has 0 saturated carbocycles. The van der Waals surface area contributed by atoms with E-state index in [1.165, 1.54) is 6.20 Å². The summed E-state index contributed by atoms with van der Waals surface area (Å²) in [4.78, 5) is 29.3. The van der Waals surface area contributed by atoms with Crippen LogP contribution in [0.2, 0.25) is 0 Å². The minimum absolute atomic E-state index is 0.0473. The molecule has 1 amide bonds. The number of H-pyrrole nitrogens is 1. The first-order valence-electron chi connectivity index (χ1n) is 7.82. The predicted molar refractivity (Wildman–Crippen MR) is 85.0 cm³/mol. The number of nitrogens with zero attached hydrogens (tertiary/aromatic N) is 1. The van der Waals surface area contributed by atoms with Crippen molar-refractivity contribution < 1.29 is 18.3 Å². The van der Waals surface area contributed by atoms with Gasteiger partial charge in [0.25, 0.3) is 5.91 Å². The summed E-state index contributed by atoms with van der Waals surface area (Å²) < 4.78 is 32.3. The molecule has 24 heavy (non-hydrogen) atoms. The molecule has 5 nitrogen and oxygen atoms in total. The van der Waals surface area contributed by atoms with Crippen LogP contribution in [0.4, 0.5) is 8.78 Å². The van der Waals surface area contributed by atoms with Crippen molar-refractivity contribution in [3.8, 4) is 0 Å². The maximum Gasteiger partial charge on any atom is 0.259 e. The van der Waals surface area contributed by atoms with Gasteiger partial charge in [0.05, 0.1) is 17.7 Å². The smallest absolute Gasteiger partial charge is 0.259 e. The summed E-state index contributed by atoms with van der Waals surface area (Å²) in [5, 5.41) is -0.0473. The second-order valence-corrected chi connectivity index (χ2v) is 6.19. The van der Waals surface area contributed by atoms with Gasteiger partial charge in [0.1, 0.15) is 5.56 Å². The van der Waals surface area contributed by atoms with Crippen molar-refractivity contribution in [2.45, 2.75) is 32.5 Å². The van der Waals surface area contributed by atoms with Crippen LogP contribution in [0.5, 0.6) is 0 Å². The molecule has 2 heterocycles. The third kappa shape index (κ3) is 3.03. The van der Waals surface area contributed by atoms with Gasteiger partial charge < -0.3 is 14.6 Å². The van der Waals surface area contributed by atoms with Crippen molar-refractivity contribution in [3.05, 3.63) is 45.8 Å². The molecule has 2 aromatic rings. The first-order chi connectivity index (χ1) is 11.4. The SMILES string of the molecule is CC(C)O[C@@H]1CCN(C(=O)c2c[nH]c3cc(F)c(F)cc3c2=O)C1. The average molecular weight is 336 g/mol. The molecule has 128 valence electrons. The van der Waals surface area contributed by atoms with E-state index in [4.69, 9.17) is 4.74 Å². The third-order valence-corrected chi connectivity index (χ3v) is 4.05. The zero-order valence-electron chi connectivity index (χ0n) is 13.4. The first kappa shape index (κ1) is 16.6. The predicted octanol–water partition coefficient (Wildman–Crippen LogP) is 2.45. The highest BCUT2D eigenvalue weighted by Gasteiger charge is 2.29. The normalized spacial score (nSPS) is 17.9. The van der Waals surface area contributed by atoms with Gasteiger partial charge in [-0.25, -0.2) is 8.78 Å². The highest BCUT2D eigenvalue weighted by molar-refractivity contribution is 5.97. The second-order valence-electron chi connectivity index (χ2n) is 6.19. The van der Waals surface area contributed by atoms with Gasteiger partial charge >= 0.3 is 0 Å². The molecule has 3 rings (SSSR count). The fraction of sp³-hybridized carbons (Fsp3) is 0.412. The summed E-state index contributed by atoms with van der Waals surface area (Å²) in [5.74, 6) is -2.60.